The van der Waals surface area contributed by atoms with E-state index in [4.69, 9.17) is 0 Å². The van der Waals surface area contributed by atoms with Crippen LogP contribution in [0, 0.1) is 10.1 Å². The molecule has 7 nitrogen and oxygen atoms in total. The van der Waals surface area contributed by atoms with Crippen molar-refractivity contribution in [1.82, 2.24) is 9.88 Å². The fourth-order valence-electron chi connectivity index (χ4n) is 2.60. The molecule has 0 atom stereocenters. The number of aromatic nitrogens is 1. The highest BCUT2D eigenvalue weighted by atomic mass is 35.5. The maximum atomic E-state index is 13.2. The molecule has 0 N–H and O–H groups in total. The van der Waals surface area contributed by atoms with Crippen LogP contribution in [0.5, 0.6) is 0 Å². The molecule has 3 aromatic rings. The fraction of sp³-hybridized carbons (Fsp3) is 0.263. The first-order valence-electron chi connectivity index (χ1n) is 8.54. The van der Waals surface area contributed by atoms with Crippen LogP contribution in [0.4, 0.5) is 10.8 Å². The van der Waals surface area contributed by atoms with Crippen molar-refractivity contribution >= 4 is 62.4 Å². The molecule has 2 aromatic carbocycles. The predicted octanol–water partition coefficient (Wildman–Crippen LogP) is 4.56. The summed E-state index contributed by atoms with van der Waals surface area (Å²) >= 11 is 2.90. The Balaban J connectivity index is 0.00000300. The smallest absolute Gasteiger partial charge is 0.270 e. The summed E-state index contributed by atoms with van der Waals surface area (Å²) in [5.74, 6) is -0.136. The summed E-state index contributed by atoms with van der Waals surface area (Å²) in [4.78, 5) is 33.0. The molecular weight excluding hydrogens is 432 g/mol. The lowest BCUT2D eigenvalue weighted by Crippen LogP contribution is -2.36. The number of anilines is 1. The van der Waals surface area contributed by atoms with Gasteiger partial charge < -0.3 is 4.90 Å². The predicted molar refractivity (Wildman–Crippen MR) is 122 cm³/mol. The number of hydrogen-bond donors (Lipinski definition) is 0. The van der Waals surface area contributed by atoms with E-state index < -0.39 is 4.92 Å². The third-order valence-corrected chi connectivity index (χ3v) is 5.94. The van der Waals surface area contributed by atoms with Gasteiger partial charge in [0.25, 0.3) is 11.6 Å². The summed E-state index contributed by atoms with van der Waals surface area (Å²) < 4.78 is 0.685. The van der Waals surface area contributed by atoms with E-state index in [-0.39, 0.29) is 24.0 Å². The molecule has 0 aliphatic heterocycles. The average molecular weight is 453 g/mol. The maximum Gasteiger partial charge on any atom is 0.270 e. The number of thioether (sulfide) groups is 1. The monoisotopic (exact) mass is 452 g/mol. The minimum atomic E-state index is -0.429. The summed E-state index contributed by atoms with van der Waals surface area (Å²) in [5, 5.41) is 11.6. The molecule has 1 heterocycles. The number of amides is 1. The number of fused-ring (bicyclic) bond motifs is 1. The third kappa shape index (κ3) is 5.45. The number of rotatable bonds is 7. The molecule has 0 aliphatic carbocycles. The summed E-state index contributed by atoms with van der Waals surface area (Å²) in [6.07, 6.45) is 1.99. The van der Waals surface area contributed by atoms with Gasteiger partial charge in [-0.2, -0.15) is 0 Å². The fourth-order valence-corrected chi connectivity index (χ4v) is 4.03. The van der Waals surface area contributed by atoms with Gasteiger partial charge in [-0.25, -0.2) is 4.98 Å². The van der Waals surface area contributed by atoms with Gasteiger partial charge in [0.1, 0.15) is 0 Å². The van der Waals surface area contributed by atoms with Crippen LogP contribution in [0.2, 0.25) is 0 Å². The molecule has 0 saturated heterocycles. The van der Waals surface area contributed by atoms with E-state index in [1.807, 2.05) is 49.5 Å². The summed E-state index contributed by atoms with van der Waals surface area (Å²) in [7, 11) is 3.88. The molecule has 0 radical (unpaired) electrons. The zero-order valence-electron chi connectivity index (χ0n) is 16.2. The molecule has 0 saturated carbocycles. The van der Waals surface area contributed by atoms with Crippen LogP contribution >= 0.6 is 35.5 Å². The summed E-state index contributed by atoms with van der Waals surface area (Å²) in [6, 6.07) is 12.0. The zero-order chi connectivity index (χ0) is 20.3. The highest BCUT2D eigenvalue weighted by Gasteiger charge is 2.22. The van der Waals surface area contributed by atoms with Gasteiger partial charge in [-0.05, 0) is 50.7 Å². The van der Waals surface area contributed by atoms with Crippen LogP contribution < -0.4 is 4.90 Å². The second kappa shape index (κ2) is 10.0. The number of halogens is 1. The summed E-state index contributed by atoms with van der Waals surface area (Å²) in [6.45, 7) is 1.14. The van der Waals surface area contributed by atoms with Crippen LogP contribution in [0.3, 0.4) is 0 Å². The number of carbonyl (C=O) groups excluding carboxylic acids is 1. The minimum absolute atomic E-state index is 0. The Hall–Kier alpha value is -2.20. The number of carbonyl (C=O) groups is 1. The lowest BCUT2D eigenvalue weighted by molar-refractivity contribution is -0.384. The summed E-state index contributed by atoms with van der Waals surface area (Å²) in [5.41, 5.74) is 1.24. The van der Waals surface area contributed by atoms with Crippen molar-refractivity contribution < 1.29 is 9.72 Å². The maximum absolute atomic E-state index is 13.2. The van der Waals surface area contributed by atoms with Crippen LogP contribution in [0.15, 0.2) is 47.4 Å². The third-order valence-electron chi connectivity index (χ3n) is 4.16. The number of nitrogens with zero attached hydrogens (tertiary/aromatic N) is 4. The molecule has 1 amide bonds. The van der Waals surface area contributed by atoms with E-state index in [1.54, 1.807) is 22.7 Å². The molecule has 29 heavy (non-hydrogen) atoms. The van der Waals surface area contributed by atoms with Gasteiger partial charge in [0.2, 0.25) is 0 Å². The van der Waals surface area contributed by atoms with Crippen molar-refractivity contribution in [3.05, 3.63) is 58.1 Å². The van der Waals surface area contributed by atoms with Gasteiger partial charge in [-0.15, -0.1) is 24.2 Å². The van der Waals surface area contributed by atoms with Crippen molar-refractivity contribution in [3.8, 4) is 0 Å². The number of likely N-dealkylation sites (N-methyl/N-ethyl adjacent to an activating group) is 1. The lowest BCUT2D eigenvalue weighted by atomic mass is 10.2. The number of non-ortho nitro benzene ring substituents is 1. The highest BCUT2D eigenvalue weighted by molar-refractivity contribution is 7.98. The molecular formula is C19H21ClN4O3S2. The first-order chi connectivity index (χ1) is 13.4. The Kier molecular flexibility index (Phi) is 7.97. The highest BCUT2D eigenvalue weighted by Crippen LogP contribution is 2.32. The van der Waals surface area contributed by atoms with Gasteiger partial charge in [0.05, 0.1) is 15.1 Å². The van der Waals surface area contributed by atoms with E-state index in [1.165, 1.54) is 23.5 Å². The second-order valence-electron chi connectivity index (χ2n) is 6.39. The van der Waals surface area contributed by atoms with Gasteiger partial charge >= 0.3 is 0 Å². The minimum Gasteiger partial charge on any atom is -0.308 e. The van der Waals surface area contributed by atoms with Crippen LogP contribution in [-0.2, 0) is 0 Å². The van der Waals surface area contributed by atoms with E-state index in [2.05, 4.69) is 4.98 Å². The molecule has 3 rings (SSSR count). The number of hydrogen-bond acceptors (Lipinski definition) is 7. The molecule has 154 valence electrons. The first-order valence-corrected chi connectivity index (χ1v) is 10.6. The molecule has 0 bridgehead atoms. The Labute approximate surface area is 183 Å². The van der Waals surface area contributed by atoms with Crippen molar-refractivity contribution in [2.45, 2.75) is 4.90 Å². The van der Waals surface area contributed by atoms with E-state index in [0.717, 1.165) is 4.90 Å². The number of benzene rings is 2. The largest absolute Gasteiger partial charge is 0.308 e. The van der Waals surface area contributed by atoms with Crippen molar-refractivity contribution in [2.75, 3.05) is 38.3 Å². The quantitative estimate of drug-likeness (QED) is 0.297. The van der Waals surface area contributed by atoms with Gasteiger partial charge in [0, 0.05) is 35.7 Å². The second-order valence-corrected chi connectivity index (χ2v) is 8.28. The van der Waals surface area contributed by atoms with Crippen LogP contribution in [0.25, 0.3) is 10.2 Å². The SMILES string of the molecule is CSc1ccc(C(=O)N(CCN(C)C)c2nc3ccc([N+](=O)[O-])cc3s2)cc1.Cl. The normalized spacial score (nSPS) is 10.8. The molecule has 10 heteroatoms. The molecule has 0 unspecified atom stereocenters. The van der Waals surface area contributed by atoms with Crippen LogP contribution in [0.1, 0.15) is 10.4 Å². The average Bonchev–Trinajstić information content (AvgIpc) is 3.10. The van der Waals surface area contributed by atoms with Crippen molar-refractivity contribution in [2.24, 2.45) is 0 Å². The van der Waals surface area contributed by atoms with E-state index in [9.17, 15) is 14.9 Å². The van der Waals surface area contributed by atoms with Gasteiger partial charge in [-0.1, -0.05) is 11.3 Å². The van der Waals surface area contributed by atoms with E-state index in [0.29, 0.717) is 34.0 Å². The molecule has 0 aliphatic rings. The molecule has 0 fully saturated rings. The van der Waals surface area contributed by atoms with Crippen LogP contribution in [-0.4, -0.2) is 54.2 Å². The Morgan fingerprint density at radius 1 is 1.17 bits per heavy atom. The molecule has 1 aromatic heterocycles. The number of thiazole rings is 1. The van der Waals surface area contributed by atoms with Crippen molar-refractivity contribution in [3.63, 3.8) is 0 Å². The standard InChI is InChI=1S/C19H20N4O3S2.ClH/c1-21(2)10-11-22(18(24)13-4-7-15(27-3)8-5-13)19-20-16-9-6-14(23(25)26)12-17(16)28-19;/h4-9,12H,10-11H2,1-3H3;1H. The number of nitro benzene ring substituents is 1. The zero-order valence-corrected chi connectivity index (χ0v) is 18.6. The topological polar surface area (TPSA) is 79.6 Å². The molecule has 0 spiro atoms. The van der Waals surface area contributed by atoms with Gasteiger partial charge in [0.15, 0.2) is 5.13 Å². The Morgan fingerprint density at radius 3 is 2.45 bits per heavy atom. The van der Waals surface area contributed by atoms with E-state index >= 15 is 0 Å². The van der Waals surface area contributed by atoms with Crippen molar-refractivity contribution in [1.29, 1.82) is 0 Å². The lowest BCUT2D eigenvalue weighted by Gasteiger charge is -2.22. The Bertz CT molecular complexity index is 1010. The van der Waals surface area contributed by atoms with Gasteiger partial charge in [-0.3, -0.25) is 19.8 Å². The number of nitro groups is 1. The Morgan fingerprint density at radius 2 is 1.86 bits per heavy atom. The first kappa shape index (κ1) is 23.1.